The van der Waals surface area contributed by atoms with Crippen LogP contribution in [0.5, 0.6) is 0 Å². The maximum Gasteiger partial charge on any atom is 0.273 e. The molecule has 2 heterocycles. The van der Waals surface area contributed by atoms with Crippen LogP contribution in [0.15, 0.2) is 5.16 Å². The number of nitrogens with two attached hydrogens (primary N) is 1. The highest BCUT2D eigenvalue weighted by molar-refractivity contribution is 7.89. The summed E-state index contributed by atoms with van der Waals surface area (Å²) >= 11 is 0. The Morgan fingerprint density at radius 3 is 2.84 bits per heavy atom. The van der Waals surface area contributed by atoms with Crippen LogP contribution in [0.1, 0.15) is 38.4 Å². The molecule has 1 aliphatic heterocycles. The van der Waals surface area contributed by atoms with Crippen LogP contribution in [-0.4, -0.2) is 35.9 Å². The molecule has 108 valence electrons. The van der Waals surface area contributed by atoms with Crippen molar-refractivity contribution in [2.75, 3.05) is 6.61 Å². The molecule has 0 amide bonds. The quantitative estimate of drug-likeness (QED) is 0.819. The molecule has 0 spiro atoms. The van der Waals surface area contributed by atoms with Gasteiger partial charge in [0, 0.05) is 19.6 Å². The maximum absolute atomic E-state index is 11.4. The average Bonchev–Trinajstić information content (AvgIpc) is 2.94. The summed E-state index contributed by atoms with van der Waals surface area (Å²) in [6, 6.07) is 0. The van der Waals surface area contributed by atoms with Gasteiger partial charge in [-0.2, -0.15) is 0 Å². The predicted molar refractivity (Wildman–Crippen MR) is 69.0 cm³/mol. The van der Waals surface area contributed by atoms with Crippen molar-refractivity contribution in [2.24, 2.45) is 5.14 Å². The fourth-order valence-electron chi connectivity index (χ4n) is 2.32. The molecule has 1 atom stereocenters. The van der Waals surface area contributed by atoms with Gasteiger partial charge in [0.15, 0.2) is 0 Å². The number of aromatic nitrogens is 3. The molecule has 0 radical (unpaired) electrons. The Morgan fingerprint density at radius 1 is 1.47 bits per heavy atom. The third-order valence-electron chi connectivity index (χ3n) is 3.21. The van der Waals surface area contributed by atoms with Gasteiger partial charge in [-0.05, 0) is 25.7 Å². The number of rotatable bonds is 6. The van der Waals surface area contributed by atoms with E-state index in [9.17, 15) is 8.42 Å². The lowest BCUT2D eigenvalue weighted by Gasteiger charge is -2.10. The van der Waals surface area contributed by atoms with Gasteiger partial charge in [0.25, 0.3) is 15.2 Å². The largest absolute Gasteiger partial charge is 0.378 e. The minimum Gasteiger partial charge on any atom is -0.378 e. The molecule has 7 nitrogen and oxygen atoms in total. The van der Waals surface area contributed by atoms with Gasteiger partial charge in [-0.25, -0.2) is 13.6 Å². The summed E-state index contributed by atoms with van der Waals surface area (Å²) in [5, 5.41) is 12.7. The topological polar surface area (TPSA) is 100 Å². The molecule has 2 N–H and O–H groups in total. The first-order chi connectivity index (χ1) is 9.02. The lowest BCUT2D eigenvalue weighted by Crippen LogP contribution is -2.20. The number of hydrogen-bond donors (Lipinski definition) is 1. The van der Waals surface area contributed by atoms with Gasteiger partial charge in [0.2, 0.25) is 0 Å². The van der Waals surface area contributed by atoms with Crippen molar-refractivity contribution in [3.05, 3.63) is 5.82 Å². The molecule has 8 heteroatoms. The van der Waals surface area contributed by atoms with Crippen molar-refractivity contribution in [3.8, 4) is 0 Å². The average molecular weight is 288 g/mol. The van der Waals surface area contributed by atoms with Crippen molar-refractivity contribution in [3.63, 3.8) is 0 Å². The highest BCUT2D eigenvalue weighted by atomic mass is 32.2. The summed E-state index contributed by atoms with van der Waals surface area (Å²) in [4.78, 5) is 0. The molecule has 1 fully saturated rings. The fraction of sp³-hybridized carbons (Fsp3) is 0.818. The van der Waals surface area contributed by atoms with Crippen LogP contribution >= 0.6 is 0 Å². The minimum atomic E-state index is -3.81. The van der Waals surface area contributed by atoms with Crippen LogP contribution in [0, 0.1) is 0 Å². The lowest BCUT2D eigenvalue weighted by molar-refractivity contribution is 0.104. The molecule has 0 aromatic carbocycles. The Labute approximate surface area is 113 Å². The van der Waals surface area contributed by atoms with Gasteiger partial charge in [0.1, 0.15) is 5.82 Å². The minimum absolute atomic E-state index is 0.142. The third kappa shape index (κ3) is 3.52. The van der Waals surface area contributed by atoms with E-state index in [2.05, 4.69) is 10.2 Å². The zero-order valence-corrected chi connectivity index (χ0v) is 11.9. The summed E-state index contributed by atoms with van der Waals surface area (Å²) in [5.74, 6) is 0.668. The second-order valence-corrected chi connectivity index (χ2v) is 6.22. The highest BCUT2D eigenvalue weighted by Gasteiger charge is 2.22. The first-order valence-electron chi connectivity index (χ1n) is 6.59. The van der Waals surface area contributed by atoms with E-state index in [1.807, 2.05) is 6.92 Å². The van der Waals surface area contributed by atoms with Crippen LogP contribution < -0.4 is 5.14 Å². The lowest BCUT2D eigenvalue weighted by atomic mass is 10.1. The number of sulfonamides is 1. The highest BCUT2D eigenvalue weighted by Crippen LogP contribution is 2.18. The van der Waals surface area contributed by atoms with Crippen molar-refractivity contribution in [2.45, 2.75) is 56.8 Å². The standard InChI is InChI=1S/C11H20N4O3S/c1-2-7-15-10(6-5-9-4-3-8-18-9)13-14-11(15)19(12,16)17/h9H,2-8H2,1H3,(H2,12,16,17). The monoisotopic (exact) mass is 288 g/mol. The number of aryl methyl sites for hydroxylation is 1. The Kier molecular flexibility index (Phi) is 4.54. The van der Waals surface area contributed by atoms with E-state index in [-0.39, 0.29) is 11.3 Å². The molecule has 2 rings (SSSR count). The molecule has 0 saturated carbocycles. The van der Waals surface area contributed by atoms with Gasteiger partial charge in [0.05, 0.1) is 6.10 Å². The molecule has 1 saturated heterocycles. The first-order valence-corrected chi connectivity index (χ1v) is 8.13. The molecular weight excluding hydrogens is 268 g/mol. The maximum atomic E-state index is 11.4. The van der Waals surface area contributed by atoms with E-state index < -0.39 is 10.0 Å². The zero-order chi connectivity index (χ0) is 13.9. The molecule has 1 aromatic heterocycles. The van der Waals surface area contributed by atoms with Crippen LogP contribution in [0.25, 0.3) is 0 Å². The van der Waals surface area contributed by atoms with Gasteiger partial charge < -0.3 is 9.30 Å². The van der Waals surface area contributed by atoms with E-state index in [1.165, 1.54) is 0 Å². The van der Waals surface area contributed by atoms with Gasteiger partial charge in [-0.1, -0.05) is 6.92 Å². The van der Waals surface area contributed by atoms with Crippen molar-refractivity contribution < 1.29 is 13.2 Å². The van der Waals surface area contributed by atoms with Crippen LogP contribution in [0.4, 0.5) is 0 Å². The second kappa shape index (κ2) is 5.98. The molecule has 0 aliphatic carbocycles. The van der Waals surface area contributed by atoms with E-state index in [0.29, 0.717) is 18.8 Å². The predicted octanol–water partition coefficient (Wildman–Crippen LogP) is 0.447. The number of ether oxygens (including phenoxy) is 1. The van der Waals surface area contributed by atoms with E-state index in [1.54, 1.807) is 4.57 Å². The molecule has 1 unspecified atom stereocenters. The Morgan fingerprint density at radius 2 is 2.26 bits per heavy atom. The van der Waals surface area contributed by atoms with Crippen LogP contribution in [0.2, 0.25) is 0 Å². The Hall–Kier alpha value is -0.990. The van der Waals surface area contributed by atoms with Gasteiger partial charge in [-0.3, -0.25) is 0 Å². The molecule has 1 aromatic rings. The molecule has 0 bridgehead atoms. The first kappa shape index (κ1) is 14.4. The summed E-state index contributed by atoms with van der Waals surface area (Å²) in [6.07, 6.45) is 4.70. The van der Waals surface area contributed by atoms with Crippen molar-refractivity contribution in [1.82, 2.24) is 14.8 Å². The van der Waals surface area contributed by atoms with Crippen molar-refractivity contribution >= 4 is 10.0 Å². The number of hydrogen-bond acceptors (Lipinski definition) is 5. The van der Waals surface area contributed by atoms with Crippen LogP contribution in [0.3, 0.4) is 0 Å². The Bertz CT molecular complexity index is 520. The summed E-state index contributed by atoms with van der Waals surface area (Å²) < 4.78 is 30.0. The fourth-order valence-corrected chi connectivity index (χ4v) is 2.98. The van der Waals surface area contributed by atoms with Gasteiger partial charge in [-0.15, -0.1) is 10.2 Å². The molecule has 1 aliphatic rings. The van der Waals surface area contributed by atoms with E-state index >= 15 is 0 Å². The van der Waals surface area contributed by atoms with E-state index in [4.69, 9.17) is 9.88 Å². The zero-order valence-electron chi connectivity index (χ0n) is 11.1. The smallest absolute Gasteiger partial charge is 0.273 e. The second-order valence-electron chi connectivity index (χ2n) is 4.77. The molecule has 19 heavy (non-hydrogen) atoms. The third-order valence-corrected chi connectivity index (χ3v) is 4.02. The van der Waals surface area contributed by atoms with Crippen LogP contribution in [-0.2, 0) is 27.7 Å². The SMILES string of the molecule is CCCn1c(CCC2CCCO2)nnc1S(N)(=O)=O. The Balaban J connectivity index is 2.13. The molecular formula is C11H20N4O3S. The summed E-state index contributed by atoms with van der Waals surface area (Å²) in [7, 11) is -3.81. The summed E-state index contributed by atoms with van der Waals surface area (Å²) in [6.45, 7) is 3.34. The van der Waals surface area contributed by atoms with Gasteiger partial charge >= 0.3 is 0 Å². The summed E-state index contributed by atoms with van der Waals surface area (Å²) in [5.41, 5.74) is 0. The van der Waals surface area contributed by atoms with Crippen molar-refractivity contribution in [1.29, 1.82) is 0 Å². The number of nitrogens with zero attached hydrogens (tertiary/aromatic N) is 3. The normalized spacial score (nSPS) is 20.0. The van der Waals surface area contributed by atoms with E-state index in [0.717, 1.165) is 32.3 Å². The number of primary sulfonamides is 1.